The second kappa shape index (κ2) is 6.41. The number of rotatable bonds is 6. The van der Waals surface area contributed by atoms with Crippen LogP contribution in [0, 0.1) is 5.82 Å². The van der Waals surface area contributed by atoms with Gasteiger partial charge in [-0.05, 0) is 32.9 Å². The van der Waals surface area contributed by atoms with Crippen LogP contribution in [0.15, 0.2) is 30.6 Å². The number of ether oxygens (including phenoxy) is 1. The van der Waals surface area contributed by atoms with Crippen LogP contribution in [0.1, 0.15) is 32.4 Å². The van der Waals surface area contributed by atoms with Crippen molar-refractivity contribution >= 4 is 5.69 Å². The molecule has 1 aromatic heterocycles. The number of anilines is 1. The Balaban J connectivity index is 2.06. The van der Waals surface area contributed by atoms with Gasteiger partial charge >= 0.3 is 0 Å². The largest absolute Gasteiger partial charge is 0.492 e. The van der Waals surface area contributed by atoms with Crippen LogP contribution in [0.5, 0.6) is 5.75 Å². The van der Waals surface area contributed by atoms with Gasteiger partial charge in [0.1, 0.15) is 11.6 Å². The Morgan fingerprint density at radius 1 is 1.40 bits per heavy atom. The van der Waals surface area contributed by atoms with Crippen LogP contribution >= 0.6 is 0 Å². The molecule has 0 atom stereocenters. The van der Waals surface area contributed by atoms with Crippen LogP contribution in [0.25, 0.3) is 0 Å². The summed E-state index contributed by atoms with van der Waals surface area (Å²) < 4.78 is 20.5. The lowest BCUT2D eigenvalue weighted by Crippen LogP contribution is -2.03. The van der Waals surface area contributed by atoms with Gasteiger partial charge in [0.15, 0.2) is 0 Å². The van der Waals surface area contributed by atoms with E-state index in [1.54, 1.807) is 6.07 Å². The summed E-state index contributed by atoms with van der Waals surface area (Å²) in [5, 5.41) is 7.54. The third-order valence-corrected chi connectivity index (χ3v) is 2.91. The topological polar surface area (TPSA) is 39.1 Å². The summed E-state index contributed by atoms with van der Waals surface area (Å²) in [5.41, 5.74) is 1.86. The van der Waals surface area contributed by atoms with Gasteiger partial charge in [0, 0.05) is 30.4 Å². The number of hydrogen-bond acceptors (Lipinski definition) is 3. The average Bonchev–Trinajstić information content (AvgIpc) is 2.87. The standard InChI is InChI=1S/C15H20FN3O/c1-4-20-15-7-13(16)5-6-14(15)17-8-12-9-18-19(10-12)11(2)3/h5-7,9-11,17H,4,8H2,1-3H3. The number of halogens is 1. The third-order valence-electron chi connectivity index (χ3n) is 2.91. The molecule has 0 radical (unpaired) electrons. The second-order valence-corrected chi connectivity index (χ2v) is 4.85. The summed E-state index contributed by atoms with van der Waals surface area (Å²) in [6, 6.07) is 4.84. The fourth-order valence-electron chi connectivity index (χ4n) is 1.87. The van der Waals surface area contributed by atoms with E-state index in [4.69, 9.17) is 4.74 Å². The number of nitrogens with one attached hydrogen (secondary N) is 1. The van der Waals surface area contributed by atoms with E-state index in [1.807, 2.05) is 24.0 Å². The maximum atomic E-state index is 13.2. The van der Waals surface area contributed by atoms with Gasteiger partial charge in [-0.3, -0.25) is 4.68 Å². The van der Waals surface area contributed by atoms with Crippen molar-refractivity contribution in [2.45, 2.75) is 33.4 Å². The molecule has 4 nitrogen and oxygen atoms in total. The monoisotopic (exact) mass is 277 g/mol. The van der Waals surface area contributed by atoms with Gasteiger partial charge in [0.25, 0.3) is 0 Å². The summed E-state index contributed by atoms with van der Waals surface area (Å²) in [4.78, 5) is 0. The summed E-state index contributed by atoms with van der Waals surface area (Å²) in [7, 11) is 0. The molecule has 1 heterocycles. The molecule has 0 amide bonds. The van der Waals surface area contributed by atoms with Crippen molar-refractivity contribution in [2.24, 2.45) is 0 Å². The van der Waals surface area contributed by atoms with Crippen LogP contribution in [-0.4, -0.2) is 16.4 Å². The quantitative estimate of drug-likeness (QED) is 0.876. The highest BCUT2D eigenvalue weighted by Crippen LogP contribution is 2.26. The normalized spacial score (nSPS) is 10.8. The molecule has 2 aromatic rings. The van der Waals surface area contributed by atoms with Crippen molar-refractivity contribution in [1.29, 1.82) is 0 Å². The van der Waals surface area contributed by atoms with E-state index in [9.17, 15) is 4.39 Å². The first-order valence-electron chi connectivity index (χ1n) is 6.79. The van der Waals surface area contributed by atoms with Crippen molar-refractivity contribution in [3.05, 3.63) is 42.0 Å². The molecular weight excluding hydrogens is 257 g/mol. The van der Waals surface area contributed by atoms with Crippen LogP contribution in [0.3, 0.4) is 0 Å². The number of benzene rings is 1. The summed E-state index contributed by atoms with van der Waals surface area (Å²) in [6.45, 7) is 7.16. The lowest BCUT2D eigenvalue weighted by molar-refractivity contribution is 0.340. The van der Waals surface area contributed by atoms with Crippen LogP contribution in [-0.2, 0) is 6.54 Å². The van der Waals surface area contributed by atoms with Crippen molar-refractivity contribution in [3.63, 3.8) is 0 Å². The van der Waals surface area contributed by atoms with E-state index in [-0.39, 0.29) is 5.82 Å². The average molecular weight is 277 g/mol. The van der Waals surface area contributed by atoms with Crippen molar-refractivity contribution in [3.8, 4) is 5.75 Å². The van der Waals surface area contributed by atoms with E-state index < -0.39 is 0 Å². The molecule has 0 aliphatic carbocycles. The van der Waals surface area contributed by atoms with Gasteiger partial charge in [0.05, 0.1) is 18.5 Å². The van der Waals surface area contributed by atoms with Crippen molar-refractivity contribution in [2.75, 3.05) is 11.9 Å². The minimum absolute atomic E-state index is 0.299. The molecule has 20 heavy (non-hydrogen) atoms. The van der Waals surface area contributed by atoms with Crippen molar-refractivity contribution in [1.82, 2.24) is 9.78 Å². The Hall–Kier alpha value is -2.04. The molecule has 0 saturated carbocycles. The number of nitrogens with zero attached hydrogens (tertiary/aromatic N) is 2. The minimum Gasteiger partial charge on any atom is -0.492 e. The lowest BCUT2D eigenvalue weighted by Gasteiger charge is -2.11. The van der Waals surface area contributed by atoms with E-state index in [1.165, 1.54) is 12.1 Å². The zero-order valence-corrected chi connectivity index (χ0v) is 12.1. The first-order valence-corrected chi connectivity index (χ1v) is 6.79. The highest BCUT2D eigenvalue weighted by Gasteiger charge is 2.06. The van der Waals surface area contributed by atoms with Gasteiger partial charge in [-0.25, -0.2) is 4.39 Å². The van der Waals surface area contributed by atoms with Gasteiger partial charge in [-0.1, -0.05) is 0 Å². The highest BCUT2D eigenvalue weighted by molar-refractivity contribution is 5.56. The fraction of sp³-hybridized carbons (Fsp3) is 0.400. The van der Waals surface area contributed by atoms with Gasteiger partial charge in [-0.15, -0.1) is 0 Å². The van der Waals surface area contributed by atoms with Crippen LogP contribution in [0.2, 0.25) is 0 Å². The van der Waals surface area contributed by atoms with E-state index >= 15 is 0 Å². The first-order chi connectivity index (χ1) is 9.60. The molecule has 0 aliphatic heterocycles. The fourth-order valence-corrected chi connectivity index (χ4v) is 1.87. The van der Waals surface area contributed by atoms with Crippen LogP contribution < -0.4 is 10.1 Å². The molecule has 0 spiro atoms. The summed E-state index contributed by atoms with van der Waals surface area (Å²) in [5.74, 6) is 0.232. The summed E-state index contributed by atoms with van der Waals surface area (Å²) in [6.07, 6.45) is 3.83. The maximum Gasteiger partial charge on any atom is 0.145 e. The Labute approximate surface area is 118 Å². The predicted molar refractivity (Wildman–Crippen MR) is 77.5 cm³/mol. The van der Waals surface area contributed by atoms with Crippen LogP contribution in [0.4, 0.5) is 10.1 Å². The molecule has 0 saturated heterocycles. The van der Waals surface area contributed by atoms with Gasteiger partial charge < -0.3 is 10.1 Å². The molecular formula is C15H20FN3O. The molecule has 5 heteroatoms. The zero-order valence-electron chi connectivity index (χ0n) is 12.1. The molecule has 1 N–H and O–H groups in total. The SMILES string of the molecule is CCOc1cc(F)ccc1NCc1cnn(C(C)C)c1. The Morgan fingerprint density at radius 3 is 2.85 bits per heavy atom. The first kappa shape index (κ1) is 14.4. The molecule has 0 fully saturated rings. The number of hydrogen-bond donors (Lipinski definition) is 1. The molecule has 0 bridgehead atoms. The smallest absolute Gasteiger partial charge is 0.145 e. The Bertz CT molecular complexity index is 566. The third kappa shape index (κ3) is 3.50. The number of aromatic nitrogens is 2. The molecule has 0 aliphatic rings. The van der Waals surface area contributed by atoms with E-state index in [0.29, 0.717) is 24.9 Å². The highest BCUT2D eigenvalue weighted by atomic mass is 19.1. The molecule has 108 valence electrons. The predicted octanol–water partition coefficient (Wildman–Crippen LogP) is 3.61. The minimum atomic E-state index is -0.299. The molecule has 0 unspecified atom stereocenters. The zero-order chi connectivity index (χ0) is 14.5. The maximum absolute atomic E-state index is 13.2. The Morgan fingerprint density at radius 2 is 2.20 bits per heavy atom. The Kier molecular flexibility index (Phi) is 4.61. The second-order valence-electron chi connectivity index (χ2n) is 4.85. The van der Waals surface area contributed by atoms with E-state index in [2.05, 4.69) is 24.3 Å². The van der Waals surface area contributed by atoms with Gasteiger partial charge in [-0.2, -0.15) is 5.10 Å². The molecule has 1 aromatic carbocycles. The summed E-state index contributed by atoms with van der Waals surface area (Å²) >= 11 is 0. The van der Waals surface area contributed by atoms with Crippen molar-refractivity contribution < 1.29 is 9.13 Å². The van der Waals surface area contributed by atoms with Gasteiger partial charge in [0.2, 0.25) is 0 Å². The van der Waals surface area contributed by atoms with E-state index in [0.717, 1.165) is 11.3 Å². The lowest BCUT2D eigenvalue weighted by atomic mass is 10.2. The molecule has 2 rings (SSSR count).